The molecule has 0 aromatic heterocycles. The summed E-state index contributed by atoms with van der Waals surface area (Å²) in [7, 11) is 3.02. The maximum Gasteiger partial charge on any atom is 0.329 e. The summed E-state index contributed by atoms with van der Waals surface area (Å²) >= 11 is 0. The minimum Gasteiger partial charge on any atom is -0.461 e. The van der Waals surface area contributed by atoms with Gasteiger partial charge in [-0.3, -0.25) is 14.4 Å². The van der Waals surface area contributed by atoms with E-state index >= 15 is 0 Å². The normalized spacial score (nSPS) is 38.2. The number of carbonyl (C=O) groups excluding carboxylic acids is 4. The lowest BCUT2D eigenvalue weighted by Crippen LogP contribution is -2.61. The van der Waals surface area contributed by atoms with E-state index in [1.165, 1.54) is 12.0 Å². The number of nitrogens with one attached hydrogen (secondary N) is 1. The second-order valence-electron chi connectivity index (χ2n) is 21.2. The van der Waals surface area contributed by atoms with Crippen LogP contribution in [0.25, 0.3) is 0 Å². The third-order valence-electron chi connectivity index (χ3n) is 15.5. The number of carbonyl (C=O) groups is 4. The molecule has 14 nitrogen and oxygen atoms in total. The first kappa shape index (κ1) is 56.9. The van der Waals surface area contributed by atoms with E-state index in [4.69, 9.17) is 24.7 Å². The van der Waals surface area contributed by atoms with Crippen LogP contribution in [0, 0.1) is 36.5 Å². The van der Waals surface area contributed by atoms with Gasteiger partial charge in [0.2, 0.25) is 5.79 Å². The van der Waals surface area contributed by atoms with Crippen LogP contribution in [0.3, 0.4) is 0 Å². The quantitative estimate of drug-likeness (QED) is 0.102. The summed E-state index contributed by atoms with van der Waals surface area (Å²) in [4.78, 5) is 58.4. The number of piperidine rings is 1. The van der Waals surface area contributed by atoms with E-state index in [1.807, 2.05) is 89.3 Å². The van der Waals surface area contributed by atoms with Gasteiger partial charge in [-0.05, 0) is 140 Å². The molecule has 6 N–H and O–H groups in total. The molecule has 1 amide bonds. The molecule has 2 saturated heterocycles. The number of amides is 1. The van der Waals surface area contributed by atoms with Crippen LogP contribution in [0.2, 0.25) is 0 Å². The zero-order chi connectivity index (χ0) is 51.3. The Balaban J connectivity index is 1.48. The van der Waals surface area contributed by atoms with Crippen LogP contribution in [-0.4, -0.2) is 125 Å². The van der Waals surface area contributed by atoms with Gasteiger partial charge in [0.05, 0.1) is 18.3 Å². The van der Waals surface area contributed by atoms with Gasteiger partial charge in [-0.15, -0.1) is 0 Å². The van der Waals surface area contributed by atoms with Crippen molar-refractivity contribution < 1.29 is 53.4 Å². The third-order valence-corrected chi connectivity index (χ3v) is 15.5. The largest absolute Gasteiger partial charge is 0.461 e. The number of ether oxygens (including phenoxy) is 4. The summed E-state index contributed by atoms with van der Waals surface area (Å²) in [5.74, 6) is -6.34. The first-order chi connectivity index (χ1) is 33.3. The number of methoxy groups -OCH3 is 2. The Hall–Kier alpha value is -4.02. The second-order valence-corrected chi connectivity index (χ2v) is 21.2. The van der Waals surface area contributed by atoms with Crippen LogP contribution in [0.4, 0.5) is 5.69 Å². The van der Waals surface area contributed by atoms with Crippen molar-refractivity contribution in [1.82, 2.24) is 4.90 Å². The molecule has 1 aromatic carbocycles. The predicted octanol–water partition coefficient (Wildman–Crippen LogP) is 7.47. The number of esters is 1. The van der Waals surface area contributed by atoms with Gasteiger partial charge in [-0.1, -0.05) is 87.4 Å². The molecular formula is C56H85N3O11. The van der Waals surface area contributed by atoms with Gasteiger partial charge in [-0.25, -0.2) is 4.79 Å². The molecule has 3 aliphatic heterocycles. The van der Waals surface area contributed by atoms with E-state index in [2.05, 4.69) is 5.32 Å². The van der Waals surface area contributed by atoms with Gasteiger partial charge < -0.3 is 50.2 Å². The Labute approximate surface area is 417 Å². The summed E-state index contributed by atoms with van der Waals surface area (Å²) in [6.45, 7) is 13.5. The fourth-order valence-electron chi connectivity index (χ4n) is 10.9. The number of hydrogen-bond acceptors (Lipinski definition) is 13. The van der Waals surface area contributed by atoms with Crippen LogP contribution in [0.5, 0.6) is 0 Å². The van der Waals surface area contributed by atoms with Crippen LogP contribution < -0.4 is 11.1 Å². The van der Waals surface area contributed by atoms with E-state index < -0.39 is 77.9 Å². The van der Waals surface area contributed by atoms with Crippen LogP contribution >= 0.6 is 0 Å². The van der Waals surface area contributed by atoms with Crippen molar-refractivity contribution in [3.8, 4) is 0 Å². The lowest BCUT2D eigenvalue weighted by Gasteiger charge is -2.43. The zero-order valence-electron chi connectivity index (χ0n) is 43.4. The minimum atomic E-state index is -2.41. The molecule has 0 spiro atoms. The molecule has 15 atom stereocenters. The summed E-state index contributed by atoms with van der Waals surface area (Å²) in [5.41, 5.74) is 10.2. The monoisotopic (exact) mass is 976 g/mol. The number of aliphatic hydroxyl groups excluding tert-OH is 2. The number of nitrogens with zero attached hydrogens (tertiary/aromatic N) is 1. The minimum absolute atomic E-state index is 0.0378. The Morgan fingerprint density at radius 2 is 1.59 bits per heavy atom. The first-order valence-corrected chi connectivity index (χ1v) is 26.0. The summed E-state index contributed by atoms with van der Waals surface area (Å²) in [5, 5.41) is 37.8. The Kier molecular flexibility index (Phi) is 21.6. The number of fused-ring (bicyclic) bond motifs is 3. The molecule has 4 aliphatic rings. The Morgan fingerprint density at radius 3 is 2.29 bits per heavy atom. The van der Waals surface area contributed by atoms with E-state index in [0.29, 0.717) is 76.2 Å². The SMILES string of the molecule is CO[C@@H]1CC(C[C@@H](C)[C@@H]2CC[C@H](N)/C=C(\C)[C@@H](O)[C@@H](OC)C(=O)[C@H](C)C[C@H](C)/C=C/C=C/C=C(\C)[C@@H](Nc3ccc(C)cc3)C[C@@H]3CCC(C)[C@@](O)(O3)C(=O)C(=O)N3CCCC[C@H]3C(=O)O2)CC[C@H]1O. The molecular weight excluding hydrogens is 891 g/mol. The highest BCUT2D eigenvalue weighted by Gasteiger charge is 2.53. The summed E-state index contributed by atoms with van der Waals surface area (Å²) in [6.07, 6.45) is 14.0. The van der Waals surface area contributed by atoms with Crippen molar-refractivity contribution in [3.05, 3.63) is 77.4 Å². The molecule has 2 bridgehead atoms. The third kappa shape index (κ3) is 15.3. The number of nitrogens with two attached hydrogens (primary N) is 1. The fraction of sp³-hybridized carbons (Fsp3) is 0.679. The van der Waals surface area contributed by atoms with E-state index in [1.54, 1.807) is 27.0 Å². The Morgan fingerprint density at radius 1 is 0.857 bits per heavy atom. The molecule has 1 aliphatic carbocycles. The average Bonchev–Trinajstić information content (AvgIpc) is 3.33. The number of allylic oxidation sites excluding steroid dienone is 5. The number of aryl methyl sites for hydroxylation is 1. The number of benzene rings is 1. The topological polar surface area (TPSA) is 207 Å². The molecule has 1 aromatic rings. The number of rotatable bonds is 7. The molecule has 3 heterocycles. The molecule has 70 heavy (non-hydrogen) atoms. The first-order valence-electron chi connectivity index (χ1n) is 26.0. The molecule has 5 rings (SSSR count). The number of aliphatic hydroxyl groups is 3. The standard InChI is InChI=1S/C56H85N3O11/c1-34-18-23-43(24-19-34)58-45-33-44-25-20-40(7)56(66,70-44)53(63)54(64)59-28-14-13-17-46(59)55(65)69-48(37(4)30-41-21-26-47(60)49(32-41)67-8)27-22-42(57)31-39(6)51(62)52(68-9)50(61)38(5)29-35(2)15-11-10-12-16-36(45)3/h10-12,15-16,18-19,23-24,31,35,37-38,40-42,44-49,51-52,58,60,62,66H,13-14,17,20-22,25-30,32-33,57H2,1-9H3/b12-10+,15-11+,36-16+,39-31+/t35-,37-,38-,40?,41?,42+,44+,45+,46+,47-,48+,49-,51-,52+,56-/m1/s1. The highest BCUT2D eigenvalue weighted by atomic mass is 16.6. The number of Topliss-reactive ketones (excluding diaryl/α,β-unsaturated/α-hetero) is 2. The molecule has 14 heteroatoms. The van der Waals surface area contributed by atoms with Crippen molar-refractivity contribution in [3.63, 3.8) is 0 Å². The highest BCUT2D eigenvalue weighted by molar-refractivity contribution is 6.39. The van der Waals surface area contributed by atoms with Gasteiger partial charge in [0.15, 0.2) is 5.78 Å². The molecule has 0 radical (unpaired) electrons. The number of cyclic esters (lactones) is 1. The van der Waals surface area contributed by atoms with Crippen LogP contribution in [-0.2, 0) is 38.1 Å². The number of anilines is 1. The molecule has 390 valence electrons. The van der Waals surface area contributed by atoms with E-state index in [0.717, 1.165) is 23.2 Å². The zero-order valence-corrected chi connectivity index (χ0v) is 43.4. The summed E-state index contributed by atoms with van der Waals surface area (Å²) in [6, 6.07) is 6.14. The maximum absolute atomic E-state index is 14.5. The highest BCUT2D eigenvalue weighted by Crippen LogP contribution is 2.38. The lowest BCUT2D eigenvalue weighted by molar-refractivity contribution is -0.263. The van der Waals surface area contributed by atoms with Crippen molar-refractivity contribution in [2.75, 3.05) is 26.1 Å². The van der Waals surface area contributed by atoms with Gasteiger partial charge >= 0.3 is 5.97 Å². The number of ketones is 2. The van der Waals surface area contributed by atoms with Gasteiger partial charge in [0, 0.05) is 50.4 Å². The van der Waals surface area contributed by atoms with Crippen molar-refractivity contribution >= 4 is 29.1 Å². The van der Waals surface area contributed by atoms with Gasteiger partial charge in [0.1, 0.15) is 24.4 Å². The Bertz CT molecular complexity index is 2020. The molecule has 2 unspecified atom stereocenters. The molecule has 1 saturated carbocycles. The lowest BCUT2D eigenvalue weighted by atomic mass is 9.78. The van der Waals surface area contributed by atoms with E-state index in [9.17, 15) is 34.5 Å². The predicted molar refractivity (Wildman–Crippen MR) is 271 cm³/mol. The van der Waals surface area contributed by atoms with Gasteiger partial charge in [-0.2, -0.15) is 0 Å². The van der Waals surface area contributed by atoms with Crippen molar-refractivity contribution in [1.29, 1.82) is 0 Å². The molecule has 3 fully saturated rings. The second kappa shape index (κ2) is 26.6. The maximum atomic E-state index is 14.5. The average molecular weight is 976 g/mol. The fourth-order valence-corrected chi connectivity index (χ4v) is 10.9. The van der Waals surface area contributed by atoms with Crippen molar-refractivity contribution in [2.45, 2.75) is 192 Å². The number of hydrogen-bond donors (Lipinski definition) is 5. The van der Waals surface area contributed by atoms with Crippen molar-refractivity contribution in [2.24, 2.45) is 35.3 Å². The van der Waals surface area contributed by atoms with E-state index in [-0.39, 0.29) is 48.6 Å². The van der Waals surface area contributed by atoms with Crippen LogP contribution in [0.15, 0.2) is 71.9 Å². The van der Waals surface area contributed by atoms with Crippen LogP contribution in [0.1, 0.15) is 131 Å². The van der Waals surface area contributed by atoms with Gasteiger partial charge in [0.25, 0.3) is 11.7 Å². The summed E-state index contributed by atoms with van der Waals surface area (Å²) < 4.78 is 24.0. The smallest absolute Gasteiger partial charge is 0.329 e.